The second kappa shape index (κ2) is 10.7. The van der Waals surface area contributed by atoms with Crippen molar-refractivity contribution in [3.63, 3.8) is 0 Å². The van der Waals surface area contributed by atoms with E-state index < -0.39 is 0 Å². The lowest BCUT2D eigenvalue weighted by molar-refractivity contribution is 0.0529. The molecule has 0 radical (unpaired) electrons. The van der Waals surface area contributed by atoms with E-state index in [0.717, 1.165) is 53.7 Å². The number of rotatable bonds is 6. The van der Waals surface area contributed by atoms with Crippen molar-refractivity contribution in [2.24, 2.45) is 7.05 Å². The standard InChI is InChI=1S/C25H31N5O2S2/c1-5-32-24(31)22-21(19-9-7-6-8-10-19)18(3)34-23(22)27-25(33)30-13-11-29(12-14-30)16-20-15-26-28(4)17(20)2/h6-10,15H,5,11-14,16H2,1-4H3,(H,27,33). The van der Waals surface area contributed by atoms with Gasteiger partial charge in [0.2, 0.25) is 0 Å². The highest BCUT2D eigenvalue weighted by molar-refractivity contribution is 7.80. The Morgan fingerprint density at radius 2 is 1.88 bits per heavy atom. The molecular formula is C25H31N5O2S2. The van der Waals surface area contributed by atoms with Gasteiger partial charge in [-0.1, -0.05) is 30.3 Å². The molecule has 1 aromatic carbocycles. The summed E-state index contributed by atoms with van der Waals surface area (Å²) in [6, 6.07) is 9.96. The molecule has 0 saturated carbocycles. The average Bonchev–Trinajstić information content (AvgIpc) is 3.33. The molecule has 4 rings (SSSR count). The maximum absolute atomic E-state index is 13.0. The number of aromatic nitrogens is 2. The molecule has 34 heavy (non-hydrogen) atoms. The number of nitrogens with zero attached hydrogens (tertiary/aromatic N) is 4. The first-order valence-corrected chi connectivity index (χ1v) is 12.7. The average molecular weight is 498 g/mol. The number of nitrogens with one attached hydrogen (secondary N) is 1. The van der Waals surface area contributed by atoms with Crippen molar-refractivity contribution in [1.82, 2.24) is 19.6 Å². The molecule has 9 heteroatoms. The molecule has 0 spiro atoms. The van der Waals surface area contributed by atoms with Crippen LogP contribution < -0.4 is 5.32 Å². The smallest absolute Gasteiger partial charge is 0.341 e. The van der Waals surface area contributed by atoms with Gasteiger partial charge in [0.1, 0.15) is 10.6 Å². The molecule has 0 amide bonds. The third-order valence-corrected chi connectivity index (χ3v) is 7.62. The van der Waals surface area contributed by atoms with Gasteiger partial charge in [0, 0.05) is 61.5 Å². The Morgan fingerprint density at radius 1 is 1.18 bits per heavy atom. The summed E-state index contributed by atoms with van der Waals surface area (Å²) >= 11 is 7.31. The summed E-state index contributed by atoms with van der Waals surface area (Å²) in [5.41, 5.74) is 4.93. The summed E-state index contributed by atoms with van der Waals surface area (Å²) in [6.07, 6.45) is 1.95. The molecule has 1 aliphatic rings. The summed E-state index contributed by atoms with van der Waals surface area (Å²) < 4.78 is 7.33. The van der Waals surface area contributed by atoms with Crippen LogP contribution in [0.2, 0.25) is 0 Å². The minimum absolute atomic E-state index is 0.324. The number of hydrogen-bond acceptors (Lipinski definition) is 6. The van der Waals surface area contributed by atoms with Crippen LogP contribution in [-0.2, 0) is 18.3 Å². The van der Waals surface area contributed by atoms with Crippen LogP contribution in [0.15, 0.2) is 36.5 Å². The third-order valence-electron chi connectivity index (χ3n) is 6.24. The number of hydrogen-bond donors (Lipinski definition) is 1. The molecule has 1 N–H and O–H groups in total. The summed E-state index contributed by atoms with van der Waals surface area (Å²) in [6.45, 7) is 10.7. The van der Waals surface area contributed by atoms with Crippen LogP contribution in [0.3, 0.4) is 0 Å². The summed E-state index contributed by atoms with van der Waals surface area (Å²) in [7, 11) is 1.97. The van der Waals surface area contributed by atoms with E-state index in [1.807, 2.05) is 62.1 Å². The fourth-order valence-corrected chi connectivity index (χ4v) is 5.62. The fourth-order valence-electron chi connectivity index (χ4n) is 4.21. The quantitative estimate of drug-likeness (QED) is 0.399. The third kappa shape index (κ3) is 5.16. The molecule has 180 valence electrons. The summed E-state index contributed by atoms with van der Waals surface area (Å²) in [4.78, 5) is 18.6. The zero-order valence-electron chi connectivity index (χ0n) is 20.1. The monoisotopic (exact) mass is 497 g/mol. The van der Waals surface area contributed by atoms with Crippen LogP contribution in [-0.4, -0.2) is 63.4 Å². The number of aryl methyl sites for hydroxylation is 2. The fraction of sp³-hybridized carbons (Fsp3) is 0.400. The highest BCUT2D eigenvalue weighted by Gasteiger charge is 2.27. The molecular weight excluding hydrogens is 466 g/mol. The van der Waals surface area contributed by atoms with Gasteiger partial charge in [-0.2, -0.15) is 5.10 Å². The maximum Gasteiger partial charge on any atom is 0.341 e. The van der Waals surface area contributed by atoms with E-state index in [2.05, 4.69) is 27.1 Å². The van der Waals surface area contributed by atoms with E-state index in [0.29, 0.717) is 17.3 Å². The number of benzene rings is 1. The molecule has 0 bridgehead atoms. The van der Waals surface area contributed by atoms with Crippen LogP contribution in [0.5, 0.6) is 0 Å². The zero-order chi connectivity index (χ0) is 24.2. The zero-order valence-corrected chi connectivity index (χ0v) is 21.8. The Morgan fingerprint density at radius 3 is 2.50 bits per heavy atom. The van der Waals surface area contributed by atoms with Crippen LogP contribution in [0.25, 0.3) is 11.1 Å². The first kappa shape index (κ1) is 24.4. The SMILES string of the molecule is CCOC(=O)c1c(NC(=S)N2CCN(Cc3cnn(C)c3C)CC2)sc(C)c1-c1ccccc1. The molecule has 1 aliphatic heterocycles. The lowest BCUT2D eigenvalue weighted by Crippen LogP contribution is -2.49. The van der Waals surface area contributed by atoms with E-state index in [9.17, 15) is 4.79 Å². The number of thiophene rings is 1. The van der Waals surface area contributed by atoms with Crippen LogP contribution in [0.1, 0.15) is 33.4 Å². The predicted molar refractivity (Wildman–Crippen MR) is 141 cm³/mol. The lowest BCUT2D eigenvalue weighted by atomic mass is 10.0. The number of carbonyl (C=O) groups is 1. The molecule has 3 aromatic rings. The first-order chi connectivity index (χ1) is 16.4. The minimum atomic E-state index is -0.326. The second-order valence-corrected chi connectivity index (χ2v) is 10.0. The van der Waals surface area contributed by atoms with Gasteiger partial charge >= 0.3 is 5.97 Å². The summed E-state index contributed by atoms with van der Waals surface area (Å²) in [5, 5.41) is 9.11. The topological polar surface area (TPSA) is 62.6 Å². The van der Waals surface area contributed by atoms with Crippen LogP contribution in [0, 0.1) is 13.8 Å². The van der Waals surface area contributed by atoms with Gasteiger partial charge in [0.25, 0.3) is 0 Å². The van der Waals surface area contributed by atoms with E-state index >= 15 is 0 Å². The normalized spacial score (nSPS) is 14.3. The van der Waals surface area contributed by atoms with Crippen molar-refractivity contribution in [3.8, 4) is 11.1 Å². The maximum atomic E-state index is 13.0. The van der Waals surface area contributed by atoms with Crippen molar-refractivity contribution in [2.75, 3.05) is 38.1 Å². The van der Waals surface area contributed by atoms with Crippen molar-refractivity contribution < 1.29 is 9.53 Å². The highest BCUT2D eigenvalue weighted by Crippen LogP contribution is 2.40. The molecule has 3 heterocycles. The van der Waals surface area contributed by atoms with Gasteiger partial charge in [-0.25, -0.2) is 4.79 Å². The first-order valence-electron chi connectivity index (χ1n) is 11.5. The van der Waals surface area contributed by atoms with Crippen molar-refractivity contribution in [1.29, 1.82) is 0 Å². The van der Waals surface area contributed by atoms with Gasteiger partial charge in [-0.15, -0.1) is 11.3 Å². The van der Waals surface area contributed by atoms with Crippen LogP contribution in [0.4, 0.5) is 5.00 Å². The van der Waals surface area contributed by atoms with Gasteiger partial charge < -0.3 is 15.0 Å². The molecule has 7 nitrogen and oxygen atoms in total. The Balaban J connectivity index is 1.47. The number of piperazine rings is 1. The van der Waals surface area contributed by atoms with Gasteiger partial charge in [0.15, 0.2) is 5.11 Å². The van der Waals surface area contributed by atoms with Crippen molar-refractivity contribution in [2.45, 2.75) is 27.3 Å². The number of thiocarbonyl (C=S) groups is 1. The van der Waals surface area contributed by atoms with Gasteiger partial charge in [-0.05, 0) is 38.6 Å². The van der Waals surface area contributed by atoms with Crippen LogP contribution >= 0.6 is 23.6 Å². The predicted octanol–water partition coefficient (Wildman–Crippen LogP) is 4.46. The minimum Gasteiger partial charge on any atom is -0.462 e. The van der Waals surface area contributed by atoms with E-state index in [1.165, 1.54) is 11.3 Å². The van der Waals surface area contributed by atoms with Gasteiger partial charge in [0.05, 0.1) is 12.8 Å². The molecule has 1 saturated heterocycles. The van der Waals surface area contributed by atoms with Crippen molar-refractivity contribution in [3.05, 3.63) is 58.2 Å². The van der Waals surface area contributed by atoms with E-state index in [1.54, 1.807) is 11.3 Å². The number of anilines is 1. The summed E-state index contributed by atoms with van der Waals surface area (Å²) in [5.74, 6) is -0.326. The number of carbonyl (C=O) groups excluding carboxylic acids is 1. The molecule has 0 aliphatic carbocycles. The largest absolute Gasteiger partial charge is 0.462 e. The number of ether oxygens (including phenoxy) is 1. The second-order valence-electron chi connectivity index (χ2n) is 8.40. The highest BCUT2D eigenvalue weighted by atomic mass is 32.1. The van der Waals surface area contributed by atoms with Crippen molar-refractivity contribution >= 4 is 39.6 Å². The molecule has 1 fully saturated rings. The van der Waals surface area contributed by atoms with E-state index in [-0.39, 0.29) is 5.97 Å². The Hall–Kier alpha value is -2.75. The number of esters is 1. The Labute approximate surface area is 210 Å². The Kier molecular flexibility index (Phi) is 7.65. The Bertz CT molecular complexity index is 1160. The van der Waals surface area contributed by atoms with E-state index in [4.69, 9.17) is 17.0 Å². The lowest BCUT2D eigenvalue weighted by Gasteiger charge is -2.36. The molecule has 0 atom stereocenters. The molecule has 0 unspecified atom stereocenters. The van der Waals surface area contributed by atoms with Gasteiger partial charge in [-0.3, -0.25) is 9.58 Å². The molecule has 2 aromatic heterocycles.